The van der Waals surface area contributed by atoms with Crippen molar-refractivity contribution in [2.75, 3.05) is 0 Å². The van der Waals surface area contributed by atoms with Crippen LogP contribution in [-0.4, -0.2) is 11.7 Å². The molecule has 0 aromatic heterocycles. The molecule has 0 fully saturated rings. The quantitative estimate of drug-likeness (QED) is 0.804. The molecule has 1 aliphatic heterocycles. The van der Waals surface area contributed by atoms with E-state index >= 15 is 0 Å². The Hall–Kier alpha value is -2.68. The Bertz CT molecular complexity index is 727. The fraction of sp³-hybridized carbons (Fsp3) is 0.0588. The molecule has 0 unspecified atom stereocenters. The Balaban J connectivity index is 2.03. The standard InChI is InChI=1S/C17H13NO2/c1-11-6-8-12(9-7-11)10-15-16(19)13-4-2-3-5-14(13)17(20)18-15/h2-10H,1H3,(H,18,20). The molecule has 0 spiro atoms. The lowest BCUT2D eigenvalue weighted by atomic mass is 9.96. The lowest BCUT2D eigenvalue weighted by molar-refractivity contribution is 0.0910. The van der Waals surface area contributed by atoms with Crippen molar-refractivity contribution in [1.29, 1.82) is 0 Å². The molecule has 0 saturated heterocycles. The third-order valence-corrected chi connectivity index (χ3v) is 3.30. The number of carbonyl (C=O) groups excluding carboxylic acids is 2. The minimum absolute atomic E-state index is 0.152. The largest absolute Gasteiger partial charge is 0.319 e. The molecule has 1 heterocycles. The summed E-state index contributed by atoms with van der Waals surface area (Å²) in [7, 11) is 0. The van der Waals surface area contributed by atoms with Crippen LogP contribution in [0.15, 0.2) is 54.2 Å². The highest BCUT2D eigenvalue weighted by molar-refractivity contribution is 6.22. The highest BCUT2D eigenvalue weighted by atomic mass is 16.2. The van der Waals surface area contributed by atoms with Crippen LogP contribution in [0.5, 0.6) is 0 Å². The number of aryl methyl sites for hydroxylation is 1. The zero-order valence-corrected chi connectivity index (χ0v) is 11.0. The fourth-order valence-corrected chi connectivity index (χ4v) is 2.20. The number of allylic oxidation sites excluding steroid dienone is 1. The summed E-state index contributed by atoms with van der Waals surface area (Å²) in [5, 5.41) is 2.66. The maximum Gasteiger partial charge on any atom is 0.256 e. The van der Waals surface area contributed by atoms with Crippen LogP contribution in [0.2, 0.25) is 0 Å². The number of hydrogen-bond donors (Lipinski definition) is 1. The molecule has 2 aromatic rings. The number of hydrogen-bond acceptors (Lipinski definition) is 2. The van der Waals surface area contributed by atoms with Crippen molar-refractivity contribution in [2.24, 2.45) is 0 Å². The molecular formula is C17H13NO2. The van der Waals surface area contributed by atoms with Crippen LogP contribution in [-0.2, 0) is 0 Å². The molecule has 1 N–H and O–H groups in total. The average Bonchev–Trinajstić information content (AvgIpc) is 2.47. The van der Waals surface area contributed by atoms with E-state index in [1.165, 1.54) is 0 Å². The van der Waals surface area contributed by atoms with E-state index < -0.39 is 0 Å². The first kappa shape index (κ1) is 12.4. The van der Waals surface area contributed by atoms with Gasteiger partial charge < -0.3 is 5.32 Å². The molecule has 1 amide bonds. The zero-order chi connectivity index (χ0) is 14.1. The van der Waals surface area contributed by atoms with E-state index in [0.29, 0.717) is 16.8 Å². The van der Waals surface area contributed by atoms with E-state index in [1.807, 2.05) is 31.2 Å². The number of rotatable bonds is 1. The topological polar surface area (TPSA) is 46.2 Å². The number of ketones is 1. The van der Waals surface area contributed by atoms with Crippen LogP contribution in [0.1, 0.15) is 31.8 Å². The highest BCUT2D eigenvalue weighted by Gasteiger charge is 2.26. The summed E-state index contributed by atoms with van der Waals surface area (Å²) < 4.78 is 0. The van der Waals surface area contributed by atoms with Crippen molar-refractivity contribution in [2.45, 2.75) is 6.92 Å². The maximum absolute atomic E-state index is 12.4. The van der Waals surface area contributed by atoms with Gasteiger partial charge in [0.2, 0.25) is 5.78 Å². The molecule has 3 rings (SSSR count). The van der Waals surface area contributed by atoms with Gasteiger partial charge in [-0.05, 0) is 24.6 Å². The summed E-state index contributed by atoms with van der Waals surface area (Å²) in [6, 6.07) is 14.6. The van der Waals surface area contributed by atoms with Crippen LogP contribution in [0.25, 0.3) is 6.08 Å². The second-order valence-corrected chi connectivity index (χ2v) is 4.80. The van der Waals surface area contributed by atoms with E-state index in [0.717, 1.165) is 11.1 Å². The van der Waals surface area contributed by atoms with E-state index in [2.05, 4.69) is 5.32 Å². The lowest BCUT2D eigenvalue weighted by Gasteiger charge is -2.17. The van der Waals surface area contributed by atoms with Gasteiger partial charge in [-0.25, -0.2) is 0 Å². The van der Waals surface area contributed by atoms with Crippen molar-refractivity contribution in [1.82, 2.24) is 5.32 Å². The van der Waals surface area contributed by atoms with Gasteiger partial charge in [-0.2, -0.15) is 0 Å². The molecule has 0 bridgehead atoms. The Kier molecular flexibility index (Phi) is 2.95. The maximum atomic E-state index is 12.4. The molecule has 98 valence electrons. The lowest BCUT2D eigenvalue weighted by Crippen LogP contribution is -2.34. The number of fused-ring (bicyclic) bond motifs is 1. The first-order valence-electron chi connectivity index (χ1n) is 6.38. The Morgan fingerprint density at radius 3 is 2.25 bits per heavy atom. The van der Waals surface area contributed by atoms with Crippen LogP contribution >= 0.6 is 0 Å². The normalized spacial score (nSPS) is 15.9. The smallest absolute Gasteiger partial charge is 0.256 e. The van der Waals surface area contributed by atoms with Gasteiger partial charge >= 0.3 is 0 Å². The van der Waals surface area contributed by atoms with Gasteiger partial charge in [-0.1, -0.05) is 48.0 Å². The minimum Gasteiger partial charge on any atom is -0.319 e. The van der Waals surface area contributed by atoms with E-state index in [4.69, 9.17) is 0 Å². The van der Waals surface area contributed by atoms with E-state index in [1.54, 1.807) is 30.3 Å². The van der Waals surface area contributed by atoms with Crippen molar-refractivity contribution in [3.8, 4) is 0 Å². The predicted molar refractivity (Wildman–Crippen MR) is 77.4 cm³/mol. The SMILES string of the molecule is Cc1ccc(C=C2NC(=O)c3ccccc3C2=O)cc1. The van der Waals surface area contributed by atoms with Gasteiger partial charge in [0.15, 0.2) is 0 Å². The number of benzene rings is 2. The Morgan fingerprint density at radius 1 is 0.900 bits per heavy atom. The molecule has 0 atom stereocenters. The highest BCUT2D eigenvalue weighted by Crippen LogP contribution is 2.20. The van der Waals surface area contributed by atoms with Gasteiger partial charge in [0, 0.05) is 5.56 Å². The van der Waals surface area contributed by atoms with Gasteiger partial charge in [0.1, 0.15) is 0 Å². The second kappa shape index (κ2) is 4.78. The monoisotopic (exact) mass is 263 g/mol. The molecule has 3 nitrogen and oxygen atoms in total. The number of carbonyl (C=O) groups is 2. The predicted octanol–water partition coefficient (Wildman–Crippen LogP) is 2.96. The zero-order valence-electron chi connectivity index (χ0n) is 11.0. The molecular weight excluding hydrogens is 250 g/mol. The molecule has 2 aromatic carbocycles. The van der Waals surface area contributed by atoms with Crippen molar-refractivity contribution < 1.29 is 9.59 Å². The minimum atomic E-state index is -0.237. The molecule has 0 saturated carbocycles. The van der Waals surface area contributed by atoms with Crippen molar-refractivity contribution in [3.05, 3.63) is 76.5 Å². The molecule has 20 heavy (non-hydrogen) atoms. The molecule has 1 aliphatic rings. The number of nitrogens with one attached hydrogen (secondary N) is 1. The first-order chi connectivity index (χ1) is 9.65. The Labute approximate surface area is 116 Å². The molecule has 0 aliphatic carbocycles. The van der Waals surface area contributed by atoms with Crippen molar-refractivity contribution >= 4 is 17.8 Å². The summed E-state index contributed by atoms with van der Waals surface area (Å²) in [5.41, 5.74) is 3.24. The van der Waals surface area contributed by atoms with Crippen molar-refractivity contribution in [3.63, 3.8) is 0 Å². The summed E-state index contributed by atoms with van der Waals surface area (Å²) in [6.07, 6.45) is 1.70. The van der Waals surface area contributed by atoms with E-state index in [9.17, 15) is 9.59 Å². The summed E-state index contributed by atoms with van der Waals surface area (Å²) >= 11 is 0. The summed E-state index contributed by atoms with van der Waals surface area (Å²) in [5.74, 6) is -0.390. The van der Waals surface area contributed by atoms with Crippen LogP contribution in [0, 0.1) is 6.92 Å². The third kappa shape index (κ3) is 2.14. The number of amides is 1. The van der Waals surface area contributed by atoms with Crippen LogP contribution in [0.3, 0.4) is 0 Å². The van der Waals surface area contributed by atoms with Crippen LogP contribution < -0.4 is 5.32 Å². The third-order valence-electron chi connectivity index (χ3n) is 3.30. The Morgan fingerprint density at radius 2 is 1.55 bits per heavy atom. The summed E-state index contributed by atoms with van der Waals surface area (Å²) in [4.78, 5) is 24.3. The van der Waals surface area contributed by atoms with Gasteiger partial charge in [0.25, 0.3) is 5.91 Å². The number of Topliss-reactive ketones (excluding diaryl/α,β-unsaturated/α-hetero) is 1. The molecule has 0 radical (unpaired) electrons. The van der Waals surface area contributed by atoms with E-state index in [-0.39, 0.29) is 11.7 Å². The van der Waals surface area contributed by atoms with Gasteiger partial charge in [-0.15, -0.1) is 0 Å². The summed E-state index contributed by atoms with van der Waals surface area (Å²) in [6.45, 7) is 2.00. The second-order valence-electron chi connectivity index (χ2n) is 4.80. The van der Waals surface area contributed by atoms with Gasteiger partial charge in [0.05, 0.1) is 11.3 Å². The molecule has 3 heteroatoms. The average molecular weight is 263 g/mol. The van der Waals surface area contributed by atoms with Crippen LogP contribution in [0.4, 0.5) is 0 Å². The van der Waals surface area contributed by atoms with Gasteiger partial charge in [-0.3, -0.25) is 9.59 Å². The first-order valence-corrected chi connectivity index (χ1v) is 6.38. The fourth-order valence-electron chi connectivity index (χ4n) is 2.20.